The van der Waals surface area contributed by atoms with Crippen molar-refractivity contribution in [2.45, 2.75) is 6.04 Å². The highest BCUT2D eigenvalue weighted by molar-refractivity contribution is 7.90. The van der Waals surface area contributed by atoms with E-state index in [1.807, 2.05) is 30.3 Å². The van der Waals surface area contributed by atoms with E-state index in [2.05, 4.69) is 29.7 Å². The quantitative estimate of drug-likeness (QED) is 0.135. The van der Waals surface area contributed by atoms with Gasteiger partial charge in [0.25, 0.3) is 20.4 Å². The van der Waals surface area contributed by atoms with Crippen LogP contribution in [-0.4, -0.2) is 32.6 Å². The van der Waals surface area contributed by atoms with Crippen LogP contribution in [0.3, 0.4) is 0 Å². The molecule has 3 heterocycles. The molecule has 12 nitrogen and oxygen atoms in total. The molecule has 6 aromatic rings. The van der Waals surface area contributed by atoms with Gasteiger partial charge in [-0.05, 0) is 60.2 Å². The molecule has 0 saturated heterocycles. The Balaban J connectivity index is 0.000000166. The highest BCUT2D eigenvalue weighted by Crippen LogP contribution is 2.37. The zero-order valence-electron chi connectivity index (χ0n) is 24.7. The fourth-order valence-electron chi connectivity index (χ4n) is 4.92. The number of carbonyl (C=O) groups excluding carboxylic acids is 1. The molecule has 1 aliphatic heterocycles. The van der Waals surface area contributed by atoms with Crippen LogP contribution in [0.15, 0.2) is 109 Å². The maximum atomic E-state index is 13.1. The number of nitrogens with two attached hydrogens (primary N) is 3. The SMILES string of the molecule is NS(N)(=O)=O.Nc1c(C(=O)c2ccc(F)cc2)ccc2cccnc12.O=S1(=O)Nc2c(ccc3cccnc23)C(c2ccc(F)cc2)N1. The van der Waals surface area contributed by atoms with Crippen LogP contribution in [0.1, 0.15) is 33.1 Å². The Bertz CT molecular complexity index is 2350. The lowest BCUT2D eigenvalue weighted by atomic mass is 9.96. The molecule has 1 atom stereocenters. The van der Waals surface area contributed by atoms with Crippen molar-refractivity contribution in [3.63, 3.8) is 0 Å². The van der Waals surface area contributed by atoms with Crippen LogP contribution in [0, 0.1) is 11.6 Å². The van der Waals surface area contributed by atoms with Crippen LogP contribution < -0.4 is 25.5 Å². The maximum absolute atomic E-state index is 13.1. The maximum Gasteiger partial charge on any atom is 0.300 e. The highest BCUT2D eigenvalue weighted by Gasteiger charge is 2.31. The van der Waals surface area contributed by atoms with Gasteiger partial charge >= 0.3 is 0 Å². The molecule has 8 N–H and O–H groups in total. The third-order valence-electron chi connectivity index (χ3n) is 7.00. The second-order valence-electron chi connectivity index (χ2n) is 10.3. The smallest absolute Gasteiger partial charge is 0.300 e. The van der Waals surface area contributed by atoms with Gasteiger partial charge in [-0.1, -0.05) is 42.5 Å². The summed E-state index contributed by atoms with van der Waals surface area (Å²) in [5.74, 6) is -0.990. The Morgan fingerprint density at radius 2 is 1.27 bits per heavy atom. The van der Waals surface area contributed by atoms with E-state index >= 15 is 0 Å². The predicted octanol–water partition coefficient (Wildman–Crippen LogP) is 4.06. The molecule has 0 bridgehead atoms. The third kappa shape index (κ3) is 8.11. The summed E-state index contributed by atoms with van der Waals surface area (Å²) in [7, 11) is -7.40. The van der Waals surface area contributed by atoms with E-state index in [9.17, 15) is 30.4 Å². The summed E-state index contributed by atoms with van der Waals surface area (Å²) in [6, 6.07) is 25.1. The average Bonchev–Trinajstić information content (AvgIpc) is 3.04. The minimum atomic E-state index is -3.73. The number of hydrogen-bond donors (Lipinski definition) is 5. The normalized spacial score (nSPS) is 14.8. The van der Waals surface area contributed by atoms with Crippen molar-refractivity contribution in [3.8, 4) is 0 Å². The van der Waals surface area contributed by atoms with Crippen molar-refractivity contribution in [3.05, 3.63) is 143 Å². The summed E-state index contributed by atoms with van der Waals surface area (Å²) in [5.41, 5.74) is 10.2. The van der Waals surface area contributed by atoms with Crippen LogP contribution >= 0.6 is 0 Å². The fourth-order valence-corrected chi connectivity index (χ4v) is 6.03. The first kappa shape index (κ1) is 34.0. The monoisotopic (exact) mass is 691 g/mol. The molecule has 0 spiro atoms. The number of nitrogens with one attached hydrogen (secondary N) is 2. The highest BCUT2D eigenvalue weighted by atomic mass is 32.2. The van der Waals surface area contributed by atoms with E-state index in [4.69, 9.17) is 5.73 Å². The molecule has 0 aliphatic carbocycles. The number of rotatable bonds is 3. The van der Waals surface area contributed by atoms with Crippen molar-refractivity contribution in [2.75, 3.05) is 10.5 Å². The fraction of sp³-hybridized carbons (Fsp3) is 0.0312. The third-order valence-corrected chi connectivity index (χ3v) is 8.01. The number of benzene rings is 4. The summed E-state index contributed by atoms with van der Waals surface area (Å²) in [4.78, 5) is 20.9. The molecule has 0 amide bonds. The Morgan fingerprint density at radius 1 is 0.750 bits per heavy atom. The van der Waals surface area contributed by atoms with Gasteiger partial charge in [-0.2, -0.15) is 21.6 Å². The molecule has 0 fully saturated rings. The molecule has 1 aliphatic rings. The Morgan fingerprint density at radius 3 is 1.88 bits per heavy atom. The van der Waals surface area contributed by atoms with Gasteiger partial charge in [0, 0.05) is 39.9 Å². The van der Waals surface area contributed by atoms with Crippen molar-refractivity contribution in [1.29, 1.82) is 0 Å². The van der Waals surface area contributed by atoms with Crippen LogP contribution in [0.25, 0.3) is 21.8 Å². The first-order valence-electron chi connectivity index (χ1n) is 13.9. The van der Waals surface area contributed by atoms with E-state index in [0.29, 0.717) is 39.1 Å². The van der Waals surface area contributed by atoms with Crippen molar-refractivity contribution >= 4 is 59.4 Å². The zero-order valence-corrected chi connectivity index (χ0v) is 26.3. The molecular formula is C32H27F2N7O5S2. The molecule has 0 radical (unpaired) electrons. The van der Waals surface area contributed by atoms with E-state index in [0.717, 1.165) is 16.3 Å². The van der Waals surface area contributed by atoms with Crippen LogP contribution in [0.5, 0.6) is 0 Å². The summed E-state index contributed by atoms with van der Waals surface area (Å²) < 4.78 is 73.9. The number of nitrogens with zero attached hydrogens (tertiary/aromatic N) is 2. The molecule has 1 unspecified atom stereocenters. The van der Waals surface area contributed by atoms with Crippen LogP contribution in [-0.2, 0) is 20.4 Å². The molecule has 7 rings (SSSR count). The number of fused-ring (bicyclic) bond motifs is 4. The molecule has 246 valence electrons. The molecule has 2 aromatic heterocycles. The summed E-state index contributed by atoms with van der Waals surface area (Å²) in [6.45, 7) is 0. The first-order valence-corrected chi connectivity index (χ1v) is 17.0. The van der Waals surface area contributed by atoms with Gasteiger partial charge < -0.3 is 5.73 Å². The lowest BCUT2D eigenvalue weighted by Crippen LogP contribution is -2.39. The number of nitrogen functional groups attached to an aromatic ring is 1. The van der Waals surface area contributed by atoms with E-state index in [1.165, 1.54) is 36.4 Å². The van der Waals surface area contributed by atoms with Crippen molar-refractivity contribution in [2.24, 2.45) is 10.3 Å². The summed E-state index contributed by atoms with van der Waals surface area (Å²) in [6.07, 6.45) is 3.25. The summed E-state index contributed by atoms with van der Waals surface area (Å²) in [5, 5.41) is 9.93. The molecule has 4 aromatic carbocycles. The number of aromatic nitrogens is 2. The minimum Gasteiger partial charge on any atom is -0.396 e. The lowest BCUT2D eigenvalue weighted by molar-refractivity contribution is 0.103. The van der Waals surface area contributed by atoms with Gasteiger partial charge in [-0.25, -0.2) is 19.1 Å². The number of anilines is 2. The number of halogens is 2. The zero-order chi connectivity index (χ0) is 34.6. The molecule has 48 heavy (non-hydrogen) atoms. The van der Waals surface area contributed by atoms with Crippen LogP contribution in [0.4, 0.5) is 20.2 Å². The lowest BCUT2D eigenvalue weighted by Gasteiger charge is -2.28. The van der Waals surface area contributed by atoms with Gasteiger partial charge in [-0.3, -0.25) is 19.5 Å². The standard InChI is InChI=1S/C16H12FN3O2S.C16H11FN2O.H4N2O2S/c17-12-6-3-11(4-7-12)14-13-8-5-10-2-1-9-18-15(10)16(13)20-23(21,22)19-14;17-12-6-3-11(4-7-12)16(20)13-8-5-10-2-1-9-19-15(10)14(13)18;1-5(2,3)4/h1-9,14,19-20H;1-9H,18H2;(H4,1,2,3,4). The number of pyridine rings is 2. The second kappa shape index (κ2) is 13.8. The largest absolute Gasteiger partial charge is 0.396 e. The Hall–Kier alpha value is -5.39. The number of hydrogen-bond acceptors (Lipinski definition) is 8. The van der Waals surface area contributed by atoms with E-state index < -0.39 is 26.5 Å². The molecule has 0 saturated carbocycles. The van der Waals surface area contributed by atoms with E-state index in [-0.39, 0.29) is 17.4 Å². The van der Waals surface area contributed by atoms with Crippen molar-refractivity contribution < 1.29 is 30.4 Å². The van der Waals surface area contributed by atoms with Gasteiger partial charge in [0.05, 0.1) is 28.5 Å². The minimum absolute atomic E-state index is 0.241. The van der Waals surface area contributed by atoms with Gasteiger partial charge in [0.15, 0.2) is 5.78 Å². The molecular weight excluding hydrogens is 665 g/mol. The number of ketones is 1. The van der Waals surface area contributed by atoms with Gasteiger partial charge in [0.1, 0.15) is 11.6 Å². The second-order valence-corrected chi connectivity index (χ2v) is 13.0. The first-order chi connectivity index (χ1) is 22.7. The van der Waals surface area contributed by atoms with Crippen molar-refractivity contribution in [1.82, 2.24) is 14.7 Å². The van der Waals surface area contributed by atoms with Crippen LogP contribution in [0.2, 0.25) is 0 Å². The topological polar surface area (TPSA) is 213 Å². The van der Waals surface area contributed by atoms with Gasteiger partial charge in [-0.15, -0.1) is 0 Å². The summed E-state index contributed by atoms with van der Waals surface area (Å²) >= 11 is 0. The molecule has 16 heteroatoms. The Labute approximate surface area is 274 Å². The van der Waals surface area contributed by atoms with E-state index in [1.54, 1.807) is 42.7 Å². The Kier molecular flexibility index (Phi) is 9.74. The predicted molar refractivity (Wildman–Crippen MR) is 179 cm³/mol. The average molecular weight is 692 g/mol. The number of carbonyl (C=O) groups is 1. The van der Waals surface area contributed by atoms with Gasteiger partial charge in [0.2, 0.25) is 0 Å².